The fourth-order valence-corrected chi connectivity index (χ4v) is 4.67. The van der Waals surface area contributed by atoms with Crippen molar-refractivity contribution in [3.05, 3.63) is 0 Å². The Morgan fingerprint density at radius 3 is 2.59 bits per heavy atom. The van der Waals surface area contributed by atoms with Gasteiger partial charge in [0.2, 0.25) is 0 Å². The van der Waals surface area contributed by atoms with Crippen molar-refractivity contribution >= 4 is 5.78 Å². The second-order valence-corrected chi connectivity index (χ2v) is 7.04. The Bertz CT molecular complexity index is 343. The predicted octanol–water partition coefficient (Wildman–Crippen LogP) is 3.20. The largest absolute Gasteiger partial charge is 0.369 e. The number of ketones is 1. The van der Waals surface area contributed by atoms with E-state index in [2.05, 4.69) is 6.92 Å². The van der Waals surface area contributed by atoms with Crippen molar-refractivity contribution in [3.63, 3.8) is 0 Å². The van der Waals surface area contributed by atoms with E-state index < -0.39 is 0 Å². The van der Waals surface area contributed by atoms with Crippen LogP contribution in [0.3, 0.4) is 0 Å². The van der Waals surface area contributed by atoms with Gasteiger partial charge in [-0.1, -0.05) is 20.8 Å². The predicted molar refractivity (Wildman–Crippen MR) is 66.7 cm³/mol. The molecular formula is C15H24O2. The van der Waals surface area contributed by atoms with E-state index in [1.807, 2.05) is 13.8 Å². The van der Waals surface area contributed by atoms with Crippen LogP contribution in [-0.2, 0) is 9.53 Å². The Hall–Kier alpha value is -0.370. The molecule has 2 nitrogen and oxygen atoms in total. The molecule has 0 bridgehead atoms. The minimum absolute atomic E-state index is 0.110. The van der Waals surface area contributed by atoms with Crippen LogP contribution < -0.4 is 0 Å². The minimum atomic E-state index is 0.110. The maximum absolute atomic E-state index is 12.4. The third-order valence-electron chi connectivity index (χ3n) is 5.54. The Morgan fingerprint density at radius 2 is 2.00 bits per heavy atom. The highest BCUT2D eigenvalue weighted by Gasteiger charge is 2.65. The first-order valence-electron chi connectivity index (χ1n) is 7.16. The van der Waals surface area contributed by atoms with E-state index >= 15 is 0 Å². The molecule has 17 heavy (non-hydrogen) atoms. The Kier molecular flexibility index (Phi) is 2.46. The highest BCUT2D eigenvalue weighted by Crippen LogP contribution is 2.63. The highest BCUT2D eigenvalue weighted by molar-refractivity contribution is 5.83. The van der Waals surface area contributed by atoms with E-state index in [0.29, 0.717) is 17.1 Å². The second-order valence-electron chi connectivity index (χ2n) is 7.04. The van der Waals surface area contributed by atoms with Gasteiger partial charge in [0, 0.05) is 17.8 Å². The summed E-state index contributed by atoms with van der Waals surface area (Å²) >= 11 is 0. The zero-order valence-corrected chi connectivity index (χ0v) is 11.3. The van der Waals surface area contributed by atoms with Crippen LogP contribution in [-0.4, -0.2) is 18.0 Å². The van der Waals surface area contributed by atoms with E-state index in [0.717, 1.165) is 13.0 Å². The molecule has 0 radical (unpaired) electrons. The zero-order valence-electron chi connectivity index (χ0n) is 11.3. The highest BCUT2D eigenvalue weighted by atomic mass is 16.6. The van der Waals surface area contributed by atoms with Crippen molar-refractivity contribution in [2.24, 2.45) is 23.2 Å². The van der Waals surface area contributed by atoms with Crippen molar-refractivity contribution < 1.29 is 9.53 Å². The lowest BCUT2D eigenvalue weighted by molar-refractivity contribution is -0.129. The topological polar surface area (TPSA) is 29.6 Å². The van der Waals surface area contributed by atoms with Gasteiger partial charge in [0.25, 0.3) is 0 Å². The van der Waals surface area contributed by atoms with Crippen LogP contribution in [0.15, 0.2) is 0 Å². The van der Waals surface area contributed by atoms with Gasteiger partial charge < -0.3 is 4.74 Å². The molecule has 0 unspecified atom stereocenters. The van der Waals surface area contributed by atoms with E-state index in [4.69, 9.17) is 4.74 Å². The van der Waals surface area contributed by atoms with Crippen LogP contribution in [0.5, 0.6) is 0 Å². The molecular weight excluding hydrogens is 212 g/mol. The number of fused-ring (bicyclic) bond motifs is 2. The molecule has 0 amide bonds. The van der Waals surface area contributed by atoms with E-state index in [9.17, 15) is 4.79 Å². The van der Waals surface area contributed by atoms with Crippen LogP contribution >= 0.6 is 0 Å². The number of carbonyl (C=O) groups is 1. The summed E-state index contributed by atoms with van der Waals surface area (Å²) in [5.74, 6) is 1.46. The molecule has 2 heteroatoms. The van der Waals surface area contributed by atoms with Gasteiger partial charge in [-0.05, 0) is 37.5 Å². The molecule has 1 spiro atoms. The van der Waals surface area contributed by atoms with E-state index in [1.165, 1.54) is 25.7 Å². The van der Waals surface area contributed by atoms with Gasteiger partial charge in [-0.3, -0.25) is 4.79 Å². The summed E-state index contributed by atoms with van der Waals surface area (Å²) in [7, 11) is 0. The molecule has 0 N–H and O–H groups in total. The number of carbonyl (C=O) groups excluding carboxylic acids is 1. The summed E-state index contributed by atoms with van der Waals surface area (Å²) in [4.78, 5) is 12.4. The molecule has 2 aliphatic carbocycles. The van der Waals surface area contributed by atoms with Gasteiger partial charge >= 0.3 is 0 Å². The summed E-state index contributed by atoms with van der Waals surface area (Å²) in [6.45, 7) is 7.39. The monoisotopic (exact) mass is 236 g/mol. The molecule has 1 saturated heterocycles. The fraction of sp³-hybridized carbons (Fsp3) is 0.933. The average Bonchev–Trinajstić information content (AvgIpc) is 2.92. The summed E-state index contributed by atoms with van der Waals surface area (Å²) in [6, 6.07) is 0. The van der Waals surface area contributed by atoms with Crippen LogP contribution in [0.2, 0.25) is 0 Å². The lowest BCUT2D eigenvalue weighted by Gasteiger charge is -2.42. The normalized spacial score (nSPS) is 48.5. The molecule has 96 valence electrons. The van der Waals surface area contributed by atoms with Gasteiger partial charge in [0.05, 0.1) is 12.2 Å². The maximum Gasteiger partial charge on any atom is 0.138 e. The van der Waals surface area contributed by atoms with Crippen molar-refractivity contribution in [2.45, 2.75) is 58.5 Å². The van der Waals surface area contributed by atoms with Gasteiger partial charge in [-0.2, -0.15) is 0 Å². The van der Waals surface area contributed by atoms with Crippen LogP contribution in [0.1, 0.15) is 52.9 Å². The standard InChI is InChI=1S/C15H24O2/c1-10(2)12(16)11-5-8-14(3)6-4-7-15(9-17-15)13(11)14/h10-11,13H,4-9H2,1-3H3/t11-,13-,14-,15+/m1/s1. The number of rotatable bonds is 2. The lowest BCUT2D eigenvalue weighted by Crippen LogP contribution is -2.44. The summed E-state index contributed by atoms with van der Waals surface area (Å²) in [6.07, 6.45) is 6.10. The quantitative estimate of drug-likeness (QED) is 0.689. The third-order valence-corrected chi connectivity index (χ3v) is 5.54. The van der Waals surface area contributed by atoms with Gasteiger partial charge in [0.1, 0.15) is 5.78 Å². The number of hydrogen-bond donors (Lipinski definition) is 0. The Morgan fingerprint density at radius 1 is 1.29 bits per heavy atom. The number of hydrogen-bond acceptors (Lipinski definition) is 2. The first-order valence-corrected chi connectivity index (χ1v) is 7.16. The van der Waals surface area contributed by atoms with Gasteiger partial charge in [-0.15, -0.1) is 0 Å². The summed E-state index contributed by atoms with van der Waals surface area (Å²) < 4.78 is 5.82. The SMILES string of the molecule is CC(C)C(=O)[C@H]1CC[C@@]2(C)CCC[C@]3(CO3)[C@H]12. The number of ether oxygens (including phenoxy) is 1. The van der Waals surface area contributed by atoms with Gasteiger partial charge in [0.15, 0.2) is 0 Å². The molecule has 0 aromatic heterocycles. The minimum Gasteiger partial charge on any atom is -0.369 e. The maximum atomic E-state index is 12.4. The molecule has 0 aromatic carbocycles. The summed E-state index contributed by atoms with van der Waals surface area (Å²) in [5, 5.41) is 0. The number of epoxide rings is 1. The molecule has 3 aliphatic rings. The third kappa shape index (κ3) is 1.60. The van der Waals surface area contributed by atoms with Gasteiger partial charge in [-0.25, -0.2) is 0 Å². The van der Waals surface area contributed by atoms with Crippen molar-refractivity contribution in [1.29, 1.82) is 0 Å². The van der Waals surface area contributed by atoms with Crippen molar-refractivity contribution in [2.75, 3.05) is 6.61 Å². The number of Topliss-reactive ketones (excluding diaryl/α,β-unsaturated/α-hetero) is 1. The first-order chi connectivity index (χ1) is 7.99. The van der Waals surface area contributed by atoms with Crippen molar-refractivity contribution in [3.8, 4) is 0 Å². The second kappa shape index (κ2) is 3.57. The fourth-order valence-electron chi connectivity index (χ4n) is 4.67. The van der Waals surface area contributed by atoms with Crippen LogP contribution in [0.4, 0.5) is 0 Å². The zero-order chi connectivity index (χ0) is 12.3. The van der Waals surface area contributed by atoms with Crippen LogP contribution in [0, 0.1) is 23.2 Å². The molecule has 1 heterocycles. The lowest BCUT2D eigenvalue weighted by atomic mass is 9.61. The molecule has 4 atom stereocenters. The Labute approximate surface area is 104 Å². The van der Waals surface area contributed by atoms with E-state index in [-0.39, 0.29) is 17.4 Å². The summed E-state index contributed by atoms with van der Waals surface area (Å²) in [5.41, 5.74) is 0.489. The Balaban J connectivity index is 1.90. The molecule has 3 fully saturated rings. The molecule has 3 rings (SSSR count). The average molecular weight is 236 g/mol. The molecule has 2 saturated carbocycles. The molecule has 1 aliphatic heterocycles. The van der Waals surface area contributed by atoms with Crippen LogP contribution in [0.25, 0.3) is 0 Å². The van der Waals surface area contributed by atoms with Crippen molar-refractivity contribution in [1.82, 2.24) is 0 Å². The van der Waals surface area contributed by atoms with E-state index in [1.54, 1.807) is 0 Å². The smallest absolute Gasteiger partial charge is 0.138 e. The first kappa shape index (κ1) is 11.7. The molecule has 0 aromatic rings.